The van der Waals surface area contributed by atoms with E-state index in [0.717, 1.165) is 31.8 Å². The minimum atomic E-state index is -3.71. The molecular formula is C32H54N3O10P. The van der Waals surface area contributed by atoms with Crippen LogP contribution in [0, 0.1) is 17.8 Å². The second-order valence-corrected chi connectivity index (χ2v) is 13.8. The van der Waals surface area contributed by atoms with Crippen molar-refractivity contribution >= 4 is 37.3 Å². The Balaban J connectivity index is 3.44. The van der Waals surface area contributed by atoms with Crippen molar-refractivity contribution in [2.24, 2.45) is 17.8 Å². The van der Waals surface area contributed by atoms with Gasteiger partial charge in [-0.25, -0.2) is 4.79 Å². The molecular weight excluding hydrogens is 617 g/mol. The maximum Gasteiger partial charge on any atom is 0.341 e. The van der Waals surface area contributed by atoms with Gasteiger partial charge >= 0.3 is 19.5 Å². The van der Waals surface area contributed by atoms with Crippen LogP contribution in [0.2, 0.25) is 0 Å². The number of carbonyl (C=O) groups excluding carboxylic acids is 5. The lowest BCUT2D eigenvalue weighted by molar-refractivity contribution is -0.163. The molecule has 1 rings (SSSR count). The number of cyclic esters (lactones) is 1. The molecule has 0 saturated heterocycles. The summed E-state index contributed by atoms with van der Waals surface area (Å²) in [6, 6.07) is -2.03. The Morgan fingerprint density at radius 3 is 2.22 bits per heavy atom. The third-order valence-electron chi connectivity index (χ3n) is 7.42. The number of carbonyl (C=O) groups is 5. The molecule has 262 valence electrons. The average Bonchev–Trinajstić information content (AvgIpc) is 2.97. The largest absolute Gasteiger partial charge is 0.465 e. The fourth-order valence-corrected chi connectivity index (χ4v) is 6.35. The number of ether oxygens (including phenoxy) is 2. The number of amides is 3. The molecule has 13 nitrogen and oxygen atoms in total. The summed E-state index contributed by atoms with van der Waals surface area (Å²) in [6.45, 7) is 15.9. The molecule has 0 fully saturated rings. The zero-order chi connectivity index (χ0) is 34.9. The Bertz CT molecular complexity index is 1120. The molecule has 5 atom stereocenters. The fourth-order valence-electron chi connectivity index (χ4n) is 4.90. The Kier molecular flexibility index (Phi) is 18.7. The number of nitrogens with one attached hydrogen (secondary N) is 3. The van der Waals surface area contributed by atoms with Gasteiger partial charge in [-0.15, -0.1) is 0 Å². The Morgan fingerprint density at radius 2 is 1.63 bits per heavy atom. The number of unbranched alkanes of at least 4 members (excludes halogenated alkanes) is 3. The minimum Gasteiger partial charge on any atom is -0.465 e. The van der Waals surface area contributed by atoms with Crippen molar-refractivity contribution in [2.45, 2.75) is 105 Å². The van der Waals surface area contributed by atoms with Gasteiger partial charge < -0.3 is 34.5 Å². The van der Waals surface area contributed by atoms with Gasteiger partial charge in [0.15, 0.2) is 0 Å². The van der Waals surface area contributed by atoms with Gasteiger partial charge in [0.1, 0.15) is 24.3 Å². The zero-order valence-electron chi connectivity index (χ0n) is 28.4. The molecule has 14 heteroatoms. The molecule has 1 heterocycles. The minimum absolute atomic E-state index is 0.0599. The summed E-state index contributed by atoms with van der Waals surface area (Å²) >= 11 is 0. The zero-order valence-corrected chi connectivity index (χ0v) is 29.3. The van der Waals surface area contributed by atoms with Crippen LogP contribution in [0.5, 0.6) is 0 Å². The van der Waals surface area contributed by atoms with E-state index in [1.807, 2.05) is 6.92 Å². The predicted molar refractivity (Wildman–Crippen MR) is 173 cm³/mol. The maximum absolute atomic E-state index is 13.7. The molecule has 0 spiro atoms. The summed E-state index contributed by atoms with van der Waals surface area (Å²) < 4.78 is 34.6. The topological polar surface area (TPSA) is 175 Å². The first kappa shape index (κ1) is 41.0. The monoisotopic (exact) mass is 671 g/mol. The van der Waals surface area contributed by atoms with Gasteiger partial charge in [-0.3, -0.25) is 23.7 Å². The molecule has 1 aliphatic heterocycles. The van der Waals surface area contributed by atoms with Crippen LogP contribution in [0.1, 0.15) is 87.0 Å². The number of esters is 2. The third-order valence-corrected chi connectivity index (χ3v) is 9.36. The standard InChI is InChI=1S/C32H54N3O10P/c1-9-12-13-14-15-22(6)29-25(18-19-42-27(37)20-46(41,43-10-2)44-11-3)31(39)33-23(7)16-17-26(36)34-24(8)30(38)35-28(21(4)5)32(40)45-29/h16-17,21-22,24-25,28-29H,7,9-15,18-20H2,1-6,8H3,(H,33,39)(H,34,36)(H,35,38)/b17-16+/t22-,24-,25+,28+,29+/m1/s1. The number of hydrogen-bond acceptors (Lipinski definition) is 10. The number of rotatable bonds is 16. The van der Waals surface area contributed by atoms with E-state index in [0.29, 0.717) is 6.42 Å². The molecule has 46 heavy (non-hydrogen) atoms. The van der Waals surface area contributed by atoms with E-state index in [1.165, 1.54) is 13.0 Å². The quantitative estimate of drug-likeness (QED) is 0.123. The van der Waals surface area contributed by atoms with E-state index in [2.05, 4.69) is 29.5 Å². The van der Waals surface area contributed by atoms with E-state index >= 15 is 0 Å². The van der Waals surface area contributed by atoms with E-state index < -0.39 is 67.5 Å². The highest BCUT2D eigenvalue weighted by atomic mass is 31.2. The van der Waals surface area contributed by atoms with Crippen molar-refractivity contribution in [3.63, 3.8) is 0 Å². The van der Waals surface area contributed by atoms with Crippen LogP contribution < -0.4 is 16.0 Å². The average molecular weight is 672 g/mol. The van der Waals surface area contributed by atoms with Crippen LogP contribution in [-0.2, 0) is 47.1 Å². The van der Waals surface area contributed by atoms with Crippen molar-refractivity contribution in [3.8, 4) is 0 Å². The van der Waals surface area contributed by atoms with E-state index in [1.54, 1.807) is 27.7 Å². The Labute approximate surface area is 273 Å². The first-order valence-corrected chi connectivity index (χ1v) is 17.9. The summed E-state index contributed by atoms with van der Waals surface area (Å²) in [5.74, 6) is -5.01. The molecule has 0 unspecified atom stereocenters. The molecule has 0 aliphatic carbocycles. The van der Waals surface area contributed by atoms with Crippen molar-refractivity contribution in [2.75, 3.05) is 26.0 Å². The molecule has 3 amide bonds. The van der Waals surface area contributed by atoms with Crippen LogP contribution in [0.4, 0.5) is 0 Å². The van der Waals surface area contributed by atoms with Gasteiger partial charge in [-0.1, -0.05) is 60.0 Å². The highest BCUT2D eigenvalue weighted by Crippen LogP contribution is 2.47. The molecule has 0 radical (unpaired) electrons. The Hall–Kier alpha value is -3.02. The lowest BCUT2D eigenvalue weighted by Gasteiger charge is -2.33. The maximum atomic E-state index is 13.7. The second-order valence-electron chi connectivity index (χ2n) is 11.8. The van der Waals surface area contributed by atoms with Gasteiger partial charge in [-0.05, 0) is 51.5 Å². The lowest BCUT2D eigenvalue weighted by atomic mass is 9.85. The first-order chi connectivity index (χ1) is 21.7. The second kappa shape index (κ2) is 21.0. The van der Waals surface area contributed by atoms with Gasteiger partial charge in [0.2, 0.25) is 17.7 Å². The van der Waals surface area contributed by atoms with Crippen molar-refractivity contribution < 1.29 is 47.1 Å². The van der Waals surface area contributed by atoms with E-state index in [9.17, 15) is 28.5 Å². The summed E-state index contributed by atoms with van der Waals surface area (Å²) in [5.41, 5.74) is 0.0872. The third kappa shape index (κ3) is 14.6. The van der Waals surface area contributed by atoms with Crippen molar-refractivity contribution in [1.82, 2.24) is 16.0 Å². The predicted octanol–water partition coefficient (Wildman–Crippen LogP) is 4.17. The van der Waals surface area contributed by atoms with Gasteiger partial charge in [0.25, 0.3) is 0 Å². The smallest absolute Gasteiger partial charge is 0.341 e. The summed E-state index contributed by atoms with van der Waals surface area (Å²) in [4.78, 5) is 65.3. The van der Waals surface area contributed by atoms with Gasteiger partial charge in [0, 0.05) is 11.8 Å². The van der Waals surface area contributed by atoms with Crippen LogP contribution in [0.15, 0.2) is 24.4 Å². The molecule has 0 aromatic heterocycles. The molecule has 0 aromatic rings. The summed E-state index contributed by atoms with van der Waals surface area (Å²) in [7, 11) is -3.71. The Morgan fingerprint density at radius 1 is 0.978 bits per heavy atom. The summed E-state index contributed by atoms with van der Waals surface area (Å²) in [6.07, 6.45) is 5.29. The van der Waals surface area contributed by atoms with E-state index in [-0.39, 0.29) is 43.8 Å². The van der Waals surface area contributed by atoms with Gasteiger partial charge in [0.05, 0.1) is 25.7 Å². The number of allylic oxidation sites excluding steroid dienone is 1. The fraction of sp³-hybridized carbons (Fsp3) is 0.719. The van der Waals surface area contributed by atoms with Crippen LogP contribution in [-0.4, -0.2) is 73.8 Å². The molecule has 3 N–H and O–H groups in total. The molecule has 0 bridgehead atoms. The highest BCUT2D eigenvalue weighted by Gasteiger charge is 2.39. The normalized spacial score (nSPS) is 23.3. The van der Waals surface area contributed by atoms with Crippen molar-refractivity contribution in [3.05, 3.63) is 24.4 Å². The highest BCUT2D eigenvalue weighted by molar-refractivity contribution is 7.54. The number of hydrogen-bond donors (Lipinski definition) is 3. The van der Waals surface area contributed by atoms with Crippen LogP contribution in [0.3, 0.4) is 0 Å². The SMILES string of the molecule is C=C1/C=C/C(=O)N[C@H](C)C(=O)N[C@@H](C(C)C)C(=O)O[C@@H]([C@H](C)CCCCCC)[C@H](CCOC(=O)CP(=O)(OCC)OCC)C(=O)N1. The summed E-state index contributed by atoms with van der Waals surface area (Å²) in [5, 5.41) is 7.85. The first-order valence-electron chi connectivity index (χ1n) is 16.2. The van der Waals surface area contributed by atoms with E-state index in [4.69, 9.17) is 18.5 Å². The lowest BCUT2D eigenvalue weighted by Crippen LogP contribution is -2.53. The van der Waals surface area contributed by atoms with Gasteiger partial charge in [-0.2, -0.15) is 0 Å². The van der Waals surface area contributed by atoms with Crippen LogP contribution >= 0.6 is 7.60 Å². The molecule has 0 saturated carbocycles. The van der Waals surface area contributed by atoms with Crippen molar-refractivity contribution in [1.29, 1.82) is 0 Å². The molecule has 0 aromatic carbocycles. The molecule has 1 aliphatic rings. The van der Waals surface area contributed by atoms with Crippen LogP contribution in [0.25, 0.3) is 0 Å².